The molecule has 0 spiro atoms. The highest BCUT2D eigenvalue weighted by molar-refractivity contribution is 7.89. The van der Waals surface area contributed by atoms with Gasteiger partial charge in [-0.05, 0) is 57.1 Å². The summed E-state index contributed by atoms with van der Waals surface area (Å²) in [7, 11) is 0.270. The van der Waals surface area contributed by atoms with Crippen molar-refractivity contribution < 1.29 is 44.7 Å². The summed E-state index contributed by atoms with van der Waals surface area (Å²) in [6.45, 7) is 4.20. The summed E-state index contributed by atoms with van der Waals surface area (Å²) in [6, 6.07) is 11.8. The van der Waals surface area contributed by atoms with Gasteiger partial charge in [0, 0.05) is 63.4 Å². The number of fused-ring (bicyclic) bond motifs is 1. The Kier molecular flexibility index (Phi) is 11.8. The quantitative estimate of drug-likeness (QED) is 0.265. The standard InChI is InChI=1S/C28H36F3N7O2S.C2HF3O2/c1-36(2)19-20-15-23(16-20)34-27-25(17-21-5-3-4-6-24(21)35-27)41(39,40)33-9-10-37-11-13-38(14-12-37)26-8-7-22(18-32-26)28(29,30)31;3-2(4,5)1(6)7/h3-8,17-18,20,23,33H,9-16,19H2,1-2H3,(H,34,35);(H,6,7). The number of piperazine rings is 1. The third-order valence-corrected chi connectivity index (χ3v) is 9.39. The fourth-order valence-corrected chi connectivity index (χ4v) is 6.63. The molecule has 3 heterocycles. The smallest absolute Gasteiger partial charge is 0.475 e. The maximum absolute atomic E-state index is 13.5. The van der Waals surface area contributed by atoms with Gasteiger partial charge in [-0.25, -0.2) is 27.9 Å². The summed E-state index contributed by atoms with van der Waals surface area (Å²) >= 11 is 0. The van der Waals surface area contributed by atoms with Gasteiger partial charge in [-0.1, -0.05) is 18.2 Å². The lowest BCUT2D eigenvalue weighted by molar-refractivity contribution is -0.192. The number of alkyl halides is 6. The van der Waals surface area contributed by atoms with Gasteiger partial charge in [0.25, 0.3) is 0 Å². The molecule has 1 saturated carbocycles. The molecular weight excluding hydrogens is 668 g/mol. The molecule has 2 aromatic heterocycles. The highest BCUT2D eigenvalue weighted by atomic mass is 32.2. The zero-order chi connectivity index (χ0) is 35.3. The summed E-state index contributed by atoms with van der Waals surface area (Å²) < 4.78 is 99.9. The van der Waals surface area contributed by atoms with Crippen molar-refractivity contribution in [1.29, 1.82) is 0 Å². The van der Waals surface area contributed by atoms with E-state index >= 15 is 0 Å². The van der Waals surface area contributed by atoms with Crippen molar-refractivity contribution in [3.63, 3.8) is 0 Å². The number of carbonyl (C=O) groups is 1. The Bertz CT molecular complexity index is 1640. The van der Waals surface area contributed by atoms with Crippen LogP contribution in [0.4, 0.5) is 38.0 Å². The third-order valence-electron chi connectivity index (χ3n) is 7.91. The SMILES string of the molecule is CN(C)CC1CC(Nc2nc3ccccc3cc2S(=O)(=O)NCCN2CCN(c3ccc(C(F)(F)F)cn3)CC2)C1.O=C(O)C(F)(F)F. The van der Waals surface area contributed by atoms with E-state index in [4.69, 9.17) is 9.90 Å². The van der Waals surface area contributed by atoms with E-state index in [2.05, 4.69) is 43.9 Å². The average molecular weight is 706 g/mol. The maximum Gasteiger partial charge on any atom is 0.490 e. The van der Waals surface area contributed by atoms with Crippen LogP contribution in [0.15, 0.2) is 53.6 Å². The van der Waals surface area contributed by atoms with Crippen LogP contribution in [0.25, 0.3) is 10.9 Å². The molecule has 11 nitrogen and oxygen atoms in total. The molecule has 0 amide bonds. The molecular formula is C30H37F6N7O4S. The summed E-state index contributed by atoms with van der Waals surface area (Å²) in [5, 5.41) is 11.3. The van der Waals surface area contributed by atoms with Crippen molar-refractivity contribution in [3.8, 4) is 0 Å². The molecule has 1 saturated heterocycles. The number of benzene rings is 1. The molecule has 0 radical (unpaired) electrons. The van der Waals surface area contributed by atoms with E-state index in [1.54, 1.807) is 6.07 Å². The number of hydrogen-bond donors (Lipinski definition) is 3. The number of aromatic nitrogens is 2. The molecule has 48 heavy (non-hydrogen) atoms. The second-order valence-corrected chi connectivity index (χ2v) is 13.6. The molecule has 1 aliphatic carbocycles. The molecule has 0 bridgehead atoms. The number of nitrogens with one attached hydrogen (secondary N) is 2. The van der Waals surface area contributed by atoms with Crippen LogP contribution < -0.4 is 14.9 Å². The second kappa shape index (κ2) is 15.2. The zero-order valence-corrected chi connectivity index (χ0v) is 27.0. The van der Waals surface area contributed by atoms with Gasteiger partial charge in [0.2, 0.25) is 10.0 Å². The topological polar surface area (TPSA) is 131 Å². The van der Waals surface area contributed by atoms with Crippen LogP contribution in [-0.4, -0.2) is 111 Å². The summed E-state index contributed by atoms with van der Waals surface area (Å²) in [6.07, 6.45) is -6.71. The monoisotopic (exact) mass is 705 g/mol. The van der Waals surface area contributed by atoms with Gasteiger partial charge in [-0.3, -0.25) is 4.90 Å². The van der Waals surface area contributed by atoms with E-state index < -0.39 is 33.9 Å². The summed E-state index contributed by atoms with van der Waals surface area (Å²) in [5.74, 6) is -1.30. The first-order valence-electron chi connectivity index (χ1n) is 15.0. The molecule has 5 rings (SSSR count). The van der Waals surface area contributed by atoms with Crippen LogP contribution >= 0.6 is 0 Å². The highest BCUT2D eigenvalue weighted by Crippen LogP contribution is 2.33. The van der Waals surface area contributed by atoms with Gasteiger partial charge in [-0.15, -0.1) is 0 Å². The Balaban J connectivity index is 0.000000671. The van der Waals surface area contributed by atoms with Gasteiger partial charge in [0.05, 0.1) is 11.1 Å². The van der Waals surface area contributed by atoms with Crippen LogP contribution in [0.2, 0.25) is 0 Å². The lowest BCUT2D eigenvalue weighted by Gasteiger charge is -2.38. The second-order valence-electron chi connectivity index (χ2n) is 11.9. The molecule has 1 aliphatic heterocycles. The van der Waals surface area contributed by atoms with Crippen molar-refractivity contribution in [2.45, 2.75) is 36.1 Å². The Morgan fingerprint density at radius 3 is 2.23 bits per heavy atom. The minimum atomic E-state index is -5.08. The predicted molar refractivity (Wildman–Crippen MR) is 167 cm³/mol. The minimum absolute atomic E-state index is 0.144. The lowest BCUT2D eigenvalue weighted by atomic mass is 9.80. The first-order chi connectivity index (χ1) is 22.4. The van der Waals surface area contributed by atoms with E-state index in [-0.39, 0.29) is 17.5 Å². The number of hydrogen-bond acceptors (Lipinski definition) is 9. The molecule has 264 valence electrons. The molecule has 18 heteroatoms. The van der Waals surface area contributed by atoms with Gasteiger partial charge >= 0.3 is 18.3 Å². The number of anilines is 2. The zero-order valence-electron chi connectivity index (χ0n) is 26.2. The molecule has 2 fully saturated rings. The van der Waals surface area contributed by atoms with Crippen LogP contribution in [0, 0.1) is 5.92 Å². The van der Waals surface area contributed by atoms with E-state index in [0.717, 1.165) is 42.6 Å². The molecule has 0 unspecified atom stereocenters. The summed E-state index contributed by atoms with van der Waals surface area (Å²) in [4.78, 5) is 23.9. The van der Waals surface area contributed by atoms with E-state index in [1.165, 1.54) is 6.07 Å². The Labute approximate surface area is 274 Å². The van der Waals surface area contributed by atoms with Crippen molar-refractivity contribution >= 4 is 38.5 Å². The first kappa shape index (κ1) is 37.1. The molecule has 2 aliphatic rings. The predicted octanol–water partition coefficient (Wildman–Crippen LogP) is 4.13. The minimum Gasteiger partial charge on any atom is -0.475 e. The molecule has 1 aromatic carbocycles. The van der Waals surface area contributed by atoms with Crippen LogP contribution in [0.3, 0.4) is 0 Å². The van der Waals surface area contributed by atoms with Crippen LogP contribution in [0.5, 0.6) is 0 Å². The Hall–Kier alpha value is -3.74. The van der Waals surface area contributed by atoms with Gasteiger partial charge in [0.1, 0.15) is 16.5 Å². The Morgan fingerprint density at radius 2 is 1.67 bits per heavy atom. The molecule has 0 atom stereocenters. The van der Waals surface area contributed by atoms with E-state index in [1.807, 2.05) is 29.2 Å². The lowest BCUT2D eigenvalue weighted by Crippen LogP contribution is -2.48. The number of pyridine rings is 2. The molecule has 3 aromatic rings. The largest absolute Gasteiger partial charge is 0.490 e. The maximum atomic E-state index is 13.5. The number of nitrogens with zero attached hydrogens (tertiary/aromatic N) is 5. The first-order valence-corrected chi connectivity index (χ1v) is 16.5. The number of halogens is 6. The number of rotatable bonds is 10. The van der Waals surface area contributed by atoms with Crippen LogP contribution in [-0.2, 0) is 21.0 Å². The highest BCUT2D eigenvalue weighted by Gasteiger charge is 2.38. The summed E-state index contributed by atoms with van der Waals surface area (Å²) in [5.41, 5.74) is -0.0353. The average Bonchev–Trinajstić information content (AvgIpc) is 2.99. The normalized spacial score (nSPS) is 19.1. The van der Waals surface area contributed by atoms with Gasteiger partial charge < -0.3 is 20.2 Å². The number of para-hydroxylation sites is 1. The molecule has 3 N–H and O–H groups in total. The van der Waals surface area contributed by atoms with E-state index in [9.17, 15) is 34.8 Å². The number of carboxylic acids is 1. The van der Waals surface area contributed by atoms with Crippen molar-refractivity contribution in [2.75, 3.05) is 70.1 Å². The van der Waals surface area contributed by atoms with Crippen LogP contribution in [0.1, 0.15) is 18.4 Å². The van der Waals surface area contributed by atoms with Crippen molar-refractivity contribution in [3.05, 3.63) is 54.2 Å². The Morgan fingerprint density at radius 1 is 1.02 bits per heavy atom. The number of sulfonamides is 1. The third kappa shape index (κ3) is 10.1. The number of carboxylic acid groups (broad SMARTS) is 1. The van der Waals surface area contributed by atoms with E-state index in [0.29, 0.717) is 50.3 Å². The van der Waals surface area contributed by atoms with Gasteiger partial charge in [-0.2, -0.15) is 26.3 Å². The number of aliphatic carboxylic acids is 1. The van der Waals surface area contributed by atoms with Crippen molar-refractivity contribution in [2.24, 2.45) is 5.92 Å². The van der Waals surface area contributed by atoms with Gasteiger partial charge in [0.15, 0.2) is 0 Å². The van der Waals surface area contributed by atoms with Crippen molar-refractivity contribution in [1.82, 2.24) is 24.5 Å². The fourth-order valence-electron chi connectivity index (χ4n) is 5.47. The fraction of sp³-hybridized carbons (Fsp3) is 0.500.